The van der Waals surface area contributed by atoms with Gasteiger partial charge in [0.15, 0.2) is 0 Å². The molecule has 0 aromatic carbocycles. The molecule has 0 aliphatic rings. The quantitative estimate of drug-likeness (QED) is 0.709. The molecule has 0 aliphatic carbocycles. The monoisotopic (exact) mass is 217 g/mol. The largest absolute Gasteiger partial charge is 0.444 e. The van der Waals surface area contributed by atoms with Crippen LogP contribution in [0, 0.1) is 0 Å². The van der Waals surface area contributed by atoms with Gasteiger partial charge in [0.2, 0.25) is 0 Å². The zero-order valence-electron chi connectivity index (χ0n) is 10.4. The Hall–Kier alpha value is -0.770. The maximum atomic E-state index is 11.2. The van der Waals surface area contributed by atoms with Crippen LogP contribution in [-0.4, -0.2) is 28.9 Å². The van der Waals surface area contributed by atoms with E-state index < -0.39 is 17.3 Å². The van der Waals surface area contributed by atoms with Crippen LogP contribution < -0.4 is 5.32 Å². The third-order valence-corrected chi connectivity index (χ3v) is 1.63. The highest BCUT2D eigenvalue weighted by Crippen LogP contribution is 2.09. The lowest BCUT2D eigenvalue weighted by Gasteiger charge is -2.20. The van der Waals surface area contributed by atoms with Gasteiger partial charge in [0.25, 0.3) is 0 Å². The summed E-state index contributed by atoms with van der Waals surface area (Å²) in [6.07, 6.45) is 0.990. The predicted octanol–water partition coefficient (Wildman–Crippen LogP) is 2.06. The van der Waals surface area contributed by atoms with Crippen molar-refractivity contribution in [3.05, 3.63) is 0 Å². The molecule has 0 saturated carbocycles. The number of carbonyl (C=O) groups is 1. The van der Waals surface area contributed by atoms with Crippen LogP contribution in [0.1, 0.15) is 47.5 Å². The van der Waals surface area contributed by atoms with Crippen molar-refractivity contribution >= 4 is 6.09 Å². The average Bonchev–Trinajstić information content (AvgIpc) is 1.92. The molecule has 0 aromatic heterocycles. The van der Waals surface area contributed by atoms with Crippen molar-refractivity contribution < 1.29 is 14.6 Å². The summed E-state index contributed by atoms with van der Waals surface area (Å²) in [5, 5.41) is 12.1. The fraction of sp³-hybridized carbons (Fsp3) is 0.909. The minimum atomic E-state index is -0.671. The summed E-state index contributed by atoms with van der Waals surface area (Å²) in [6, 6.07) is 0. The maximum Gasteiger partial charge on any atom is 0.407 e. The summed E-state index contributed by atoms with van der Waals surface area (Å²) in [7, 11) is 0. The fourth-order valence-corrected chi connectivity index (χ4v) is 1.03. The summed E-state index contributed by atoms with van der Waals surface area (Å²) >= 11 is 0. The van der Waals surface area contributed by atoms with Gasteiger partial charge in [0.05, 0.1) is 5.60 Å². The first-order valence-electron chi connectivity index (χ1n) is 5.29. The Morgan fingerprint density at radius 3 is 2.20 bits per heavy atom. The van der Waals surface area contributed by atoms with Crippen molar-refractivity contribution in [3.63, 3.8) is 0 Å². The second-order valence-electron chi connectivity index (χ2n) is 5.34. The van der Waals surface area contributed by atoms with Gasteiger partial charge in [0.1, 0.15) is 5.60 Å². The standard InChI is InChI=1S/C11H23NO3/c1-10(2,3)15-9(13)12-8-6-7-11(4,5)14/h14H,6-8H2,1-5H3,(H,12,13). The van der Waals surface area contributed by atoms with Crippen LogP contribution >= 0.6 is 0 Å². The van der Waals surface area contributed by atoms with E-state index in [1.54, 1.807) is 13.8 Å². The van der Waals surface area contributed by atoms with Gasteiger partial charge < -0.3 is 15.2 Å². The Balaban J connectivity index is 3.57. The molecule has 0 aliphatic heterocycles. The van der Waals surface area contributed by atoms with Gasteiger partial charge in [0, 0.05) is 6.54 Å². The van der Waals surface area contributed by atoms with Crippen LogP contribution in [0.2, 0.25) is 0 Å². The molecular weight excluding hydrogens is 194 g/mol. The number of alkyl carbamates (subject to hydrolysis) is 1. The van der Waals surface area contributed by atoms with Crippen LogP contribution in [0.3, 0.4) is 0 Å². The van der Waals surface area contributed by atoms with E-state index in [4.69, 9.17) is 4.74 Å². The molecule has 2 N–H and O–H groups in total. The molecule has 0 aromatic rings. The summed E-state index contributed by atoms with van der Waals surface area (Å²) in [4.78, 5) is 11.2. The van der Waals surface area contributed by atoms with Gasteiger partial charge in [-0.05, 0) is 47.5 Å². The fourth-order valence-electron chi connectivity index (χ4n) is 1.03. The number of amides is 1. The van der Waals surface area contributed by atoms with Gasteiger partial charge in [-0.15, -0.1) is 0 Å². The lowest BCUT2D eigenvalue weighted by atomic mass is 10.0. The van der Waals surface area contributed by atoms with Gasteiger partial charge in [-0.2, -0.15) is 0 Å². The molecule has 0 saturated heterocycles. The zero-order valence-corrected chi connectivity index (χ0v) is 10.4. The highest BCUT2D eigenvalue weighted by molar-refractivity contribution is 5.67. The highest BCUT2D eigenvalue weighted by atomic mass is 16.6. The lowest BCUT2D eigenvalue weighted by molar-refractivity contribution is 0.0500. The molecule has 0 fully saturated rings. The molecule has 0 radical (unpaired) electrons. The van der Waals surface area contributed by atoms with Gasteiger partial charge in [-0.25, -0.2) is 4.79 Å². The number of rotatable bonds is 4. The number of hydrogen-bond acceptors (Lipinski definition) is 3. The SMILES string of the molecule is CC(C)(O)CCCNC(=O)OC(C)(C)C. The summed E-state index contributed by atoms with van der Waals surface area (Å²) in [5.41, 5.74) is -1.13. The zero-order chi connectivity index (χ0) is 12.1. The molecule has 15 heavy (non-hydrogen) atoms. The second kappa shape index (κ2) is 5.35. The van der Waals surface area contributed by atoms with Crippen molar-refractivity contribution in [2.24, 2.45) is 0 Å². The van der Waals surface area contributed by atoms with Crippen molar-refractivity contribution in [1.82, 2.24) is 5.32 Å². The molecular formula is C11H23NO3. The minimum Gasteiger partial charge on any atom is -0.444 e. The van der Waals surface area contributed by atoms with E-state index in [-0.39, 0.29) is 0 Å². The van der Waals surface area contributed by atoms with Crippen molar-refractivity contribution in [1.29, 1.82) is 0 Å². The van der Waals surface area contributed by atoms with E-state index >= 15 is 0 Å². The Labute approximate surface area is 92.0 Å². The van der Waals surface area contributed by atoms with Gasteiger partial charge in [-0.3, -0.25) is 0 Å². The average molecular weight is 217 g/mol. The maximum absolute atomic E-state index is 11.2. The topological polar surface area (TPSA) is 58.6 Å². The summed E-state index contributed by atoms with van der Waals surface area (Å²) < 4.78 is 5.06. The van der Waals surface area contributed by atoms with Crippen LogP contribution in [-0.2, 0) is 4.74 Å². The molecule has 0 unspecified atom stereocenters. The van der Waals surface area contributed by atoms with Crippen LogP contribution in [0.5, 0.6) is 0 Å². The Bertz CT molecular complexity index is 201. The summed E-state index contributed by atoms with van der Waals surface area (Å²) in [5.74, 6) is 0. The molecule has 0 spiro atoms. The van der Waals surface area contributed by atoms with Crippen molar-refractivity contribution in [2.75, 3.05) is 6.54 Å². The third-order valence-electron chi connectivity index (χ3n) is 1.63. The molecule has 0 rings (SSSR count). The highest BCUT2D eigenvalue weighted by Gasteiger charge is 2.16. The van der Waals surface area contributed by atoms with E-state index in [0.717, 1.165) is 6.42 Å². The van der Waals surface area contributed by atoms with E-state index in [1.807, 2.05) is 20.8 Å². The number of ether oxygens (including phenoxy) is 1. The predicted molar refractivity (Wildman–Crippen MR) is 59.8 cm³/mol. The normalized spacial score (nSPS) is 12.4. The molecule has 4 nitrogen and oxygen atoms in total. The molecule has 4 heteroatoms. The number of carbonyl (C=O) groups excluding carboxylic acids is 1. The van der Waals surface area contributed by atoms with Crippen molar-refractivity contribution in [2.45, 2.75) is 58.7 Å². The smallest absolute Gasteiger partial charge is 0.407 e. The van der Waals surface area contributed by atoms with E-state index in [9.17, 15) is 9.90 Å². The first-order valence-corrected chi connectivity index (χ1v) is 5.29. The van der Waals surface area contributed by atoms with Gasteiger partial charge >= 0.3 is 6.09 Å². The first-order chi connectivity index (χ1) is 6.60. The van der Waals surface area contributed by atoms with Gasteiger partial charge in [-0.1, -0.05) is 0 Å². The lowest BCUT2D eigenvalue weighted by Crippen LogP contribution is -2.33. The van der Waals surface area contributed by atoms with Crippen molar-refractivity contribution in [3.8, 4) is 0 Å². The molecule has 90 valence electrons. The van der Waals surface area contributed by atoms with E-state index in [2.05, 4.69) is 5.32 Å². The third kappa shape index (κ3) is 11.2. The molecule has 0 bridgehead atoms. The number of aliphatic hydroxyl groups is 1. The second-order valence-corrected chi connectivity index (χ2v) is 5.34. The van der Waals surface area contributed by atoms with Crippen LogP contribution in [0.15, 0.2) is 0 Å². The number of hydrogen-bond donors (Lipinski definition) is 2. The van der Waals surface area contributed by atoms with Crippen LogP contribution in [0.25, 0.3) is 0 Å². The summed E-state index contributed by atoms with van der Waals surface area (Å²) in [6.45, 7) is 9.50. The molecule has 0 atom stereocenters. The minimum absolute atomic E-state index is 0.404. The number of nitrogens with one attached hydrogen (secondary N) is 1. The Morgan fingerprint density at radius 2 is 1.80 bits per heavy atom. The van der Waals surface area contributed by atoms with Crippen LogP contribution in [0.4, 0.5) is 4.79 Å². The molecule has 1 amide bonds. The Kier molecular flexibility index (Phi) is 5.08. The molecule has 0 heterocycles. The van der Waals surface area contributed by atoms with E-state index in [1.165, 1.54) is 0 Å². The Morgan fingerprint density at radius 1 is 1.27 bits per heavy atom. The van der Waals surface area contributed by atoms with E-state index in [0.29, 0.717) is 13.0 Å². The first kappa shape index (κ1) is 14.2.